The van der Waals surface area contributed by atoms with Crippen molar-refractivity contribution in [1.82, 2.24) is 9.62 Å². The van der Waals surface area contributed by atoms with Gasteiger partial charge in [0, 0.05) is 55.1 Å². The molecule has 324 valence electrons. The lowest BCUT2D eigenvalue weighted by Crippen LogP contribution is -2.46. The van der Waals surface area contributed by atoms with Crippen LogP contribution in [0.15, 0.2) is 131 Å². The summed E-state index contributed by atoms with van der Waals surface area (Å²) in [5.74, 6) is 1.25. The van der Waals surface area contributed by atoms with Crippen molar-refractivity contribution in [2.45, 2.75) is 75.1 Å². The Labute approximate surface area is 368 Å². The minimum Gasteiger partial charge on any atom is -0.369 e. The number of rotatable bonds is 18. The number of anilines is 2. The molecule has 5 aromatic carbocycles. The number of hydrogen-bond donors (Lipinski definition) is 2. The van der Waals surface area contributed by atoms with Gasteiger partial charge in [0.25, 0.3) is 21.6 Å². The molecule has 0 aliphatic carbocycles. The highest BCUT2D eigenvalue weighted by molar-refractivity contribution is 8.34. The van der Waals surface area contributed by atoms with Crippen molar-refractivity contribution >= 4 is 54.6 Å². The quantitative estimate of drug-likeness (QED) is 0.0658. The van der Waals surface area contributed by atoms with Gasteiger partial charge in [-0.3, -0.25) is 19.8 Å². The third-order valence-electron chi connectivity index (χ3n) is 12.4. The van der Waals surface area contributed by atoms with Crippen LogP contribution in [0.1, 0.15) is 69.8 Å². The van der Waals surface area contributed by atoms with Gasteiger partial charge < -0.3 is 10.2 Å². The van der Waals surface area contributed by atoms with Crippen molar-refractivity contribution in [3.8, 4) is 11.1 Å². The number of nitrogens with one attached hydrogen (secondary N) is 2. The molecule has 1 amide bonds. The molecule has 10 nitrogen and oxygen atoms in total. The van der Waals surface area contributed by atoms with Crippen LogP contribution in [0, 0.1) is 16.0 Å². The molecule has 13 heteroatoms. The number of amides is 1. The van der Waals surface area contributed by atoms with Gasteiger partial charge in [-0.05, 0) is 100 Å². The fourth-order valence-corrected chi connectivity index (χ4v) is 14.6. The summed E-state index contributed by atoms with van der Waals surface area (Å²) < 4.78 is 29.5. The predicted octanol–water partition coefficient (Wildman–Crippen LogP) is 11.2. The molecule has 2 unspecified atom stereocenters. The summed E-state index contributed by atoms with van der Waals surface area (Å²) in [5.41, 5.74) is 4.55. The Hall–Kier alpha value is -4.88. The average molecular weight is 885 g/mol. The summed E-state index contributed by atoms with van der Waals surface area (Å²) in [7, 11) is -6.06. The summed E-state index contributed by atoms with van der Waals surface area (Å²) in [6, 6.07) is 37.5. The molecule has 1 aliphatic heterocycles. The van der Waals surface area contributed by atoms with E-state index in [1.807, 2.05) is 60.7 Å². The van der Waals surface area contributed by atoms with Gasteiger partial charge in [0.05, 0.1) is 14.7 Å². The van der Waals surface area contributed by atoms with E-state index in [4.69, 9.17) is 11.6 Å². The minimum atomic E-state index is -4.47. The maximum absolute atomic E-state index is 13.7. The zero-order valence-electron chi connectivity index (χ0n) is 35.8. The Morgan fingerprint density at radius 2 is 1.46 bits per heavy atom. The van der Waals surface area contributed by atoms with E-state index in [1.54, 1.807) is 12.1 Å². The Balaban J connectivity index is 1.14. The highest BCUT2D eigenvalue weighted by Crippen LogP contribution is 2.68. The molecule has 61 heavy (non-hydrogen) atoms. The topological polar surface area (TPSA) is 125 Å². The van der Waals surface area contributed by atoms with Crippen LogP contribution in [-0.4, -0.2) is 66.7 Å². The number of carbonyl (C=O) groups is 1. The Kier molecular flexibility index (Phi) is 14.9. The normalized spacial score (nSPS) is 15.4. The van der Waals surface area contributed by atoms with E-state index in [2.05, 4.69) is 84.8 Å². The number of nitro benzene ring substituents is 1. The molecule has 0 saturated carbocycles. The van der Waals surface area contributed by atoms with Crippen LogP contribution >= 0.6 is 21.6 Å². The number of nitro groups is 1. The number of benzene rings is 5. The molecule has 0 spiro atoms. The predicted molar refractivity (Wildman–Crippen MR) is 253 cm³/mol. The van der Waals surface area contributed by atoms with E-state index in [0.717, 1.165) is 74.4 Å². The van der Waals surface area contributed by atoms with Gasteiger partial charge >= 0.3 is 0 Å². The maximum Gasteiger partial charge on any atom is 0.293 e. The molecular formula is C48H58ClN5O5S2. The first kappa shape index (κ1) is 45.6. The summed E-state index contributed by atoms with van der Waals surface area (Å²) in [4.78, 5) is 30.5. The zero-order chi connectivity index (χ0) is 43.8. The molecule has 1 fully saturated rings. The van der Waals surface area contributed by atoms with Crippen LogP contribution in [0.3, 0.4) is 0 Å². The molecule has 2 atom stereocenters. The smallest absolute Gasteiger partial charge is 0.293 e. The molecule has 1 saturated heterocycles. The van der Waals surface area contributed by atoms with E-state index in [1.165, 1.54) is 28.2 Å². The van der Waals surface area contributed by atoms with Crippen LogP contribution in [0.5, 0.6) is 0 Å². The number of halogens is 1. The lowest BCUT2D eigenvalue weighted by molar-refractivity contribution is -0.384. The van der Waals surface area contributed by atoms with E-state index >= 15 is 0 Å². The van der Waals surface area contributed by atoms with Gasteiger partial charge in [0.15, 0.2) is 0 Å². The second-order valence-electron chi connectivity index (χ2n) is 15.8. The number of nitrogens with zero attached hydrogens (tertiary/aromatic N) is 3. The van der Waals surface area contributed by atoms with Crippen molar-refractivity contribution in [3.63, 3.8) is 0 Å². The third kappa shape index (κ3) is 10.1. The van der Waals surface area contributed by atoms with E-state index in [9.17, 15) is 23.3 Å². The third-order valence-corrected chi connectivity index (χ3v) is 19.2. The van der Waals surface area contributed by atoms with Crippen LogP contribution < -0.4 is 14.9 Å². The van der Waals surface area contributed by atoms with Gasteiger partial charge in [0.2, 0.25) is 0 Å². The maximum atomic E-state index is 13.7. The standard InChI is InChI=1S/C48H58ClN5O5S2/c1-6-36(5)34-48(7-2,60(8-3,9-4)42-16-11-10-12-17-42)50-45-28-27-43(33-46(45)54(56)57)61(58,59)51-47(55)38-21-25-41(26-22-38)53-31-29-52(30-32-53)35-39-15-13-14-18-44(39)37-19-23-40(49)24-20-37/h10-28,33,36,50H,6-9,29-32,34-35H2,1-5H3,(H,51,55). The molecule has 5 aromatic rings. The first-order valence-corrected chi connectivity index (χ1v) is 25.0. The van der Waals surface area contributed by atoms with Crippen molar-refractivity contribution in [2.75, 3.05) is 47.9 Å². The number of carbonyl (C=O) groups excluding carboxylic acids is 1. The second kappa shape index (κ2) is 19.9. The monoisotopic (exact) mass is 883 g/mol. The highest BCUT2D eigenvalue weighted by Gasteiger charge is 2.46. The van der Waals surface area contributed by atoms with Crippen LogP contribution in [0.2, 0.25) is 5.02 Å². The van der Waals surface area contributed by atoms with Crippen molar-refractivity contribution in [2.24, 2.45) is 5.92 Å². The molecular weight excluding hydrogens is 826 g/mol. The van der Waals surface area contributed by atoms with Crippen LogP contribution in [-0.2, 0) is 16.6 Å². The Morgan fingerprint density at radius 1 is 0.820 bits per heavy atom. The average Bonchev–Trinajstić information content (AvgIpc) is 3.28. The molecule has 6 rings (SSSR count). The molecule has 0 radical (unpaired) electrons. The molecule has 2 N–H and O–H groups in total. The van der Waals surface area contributed by atoms with Crippen molar-refractivity contribution < 1.29 is 18.1 Å². The van der Waals surface area contributed by atoms with Crippen LogP contribution in [0.25, 0.3) is 11.1 Å². The molecule has 0 aromatic heterocycles. The number of piperazine rings is 1. The summed E-state index contributed by atoms with van der Waals surface area (Å²) in [6.45, 7) is 15.0. The minimum absolute atomic E-state index is 0.162. The zero-order valence-corrected chi connectivity index (χ0v) is 38.2. The fourth-order valence-electron chi connectivity index (χ4n) is 8.74. The van der Waals surface area contributed by atoms with E-state index in [-0.39, 0.29) is 21.8 Å². The summed E-state index contributed by atoms with van der Waals surface area (Å²) in [6.07, 6.45) is 2.45. The fraction of sp³-hybridized carbons (Fsp3) is 0.354. The lowest BCUT2D eigenvalue weighted by Gasteiger charge is -2.57. The summed E-state index contributed by atoms with van der Waals surface area (Å²) >= 11 is 6.13. The van der Waals surface area contributed by atoms with E-state index < -0.39 is 35.8 Å². The van der Waals surface area contributed by atoms with Gasteiger partial charge in [-0.1, -0.05) is 119 Å². The number of sulfonamides is 1. The van der Waals surface area contributed by atoms with Gasteiger partial charge in [-0.25, -0.2) is 13.1 Å². The first-order chi connectivity index (χ1) is 29.3. The second-order valence-corrected chi connectivity index (χ2v) is 22.1. The Bertz CT molecular complexity index is 2390. The van der Waals surface area contributed by atoms with Crippen LogP contribution in [0.4, 0.5) is 17.1 Å². The van der Waals surface area contributed by atoms with Gasteiger partial charge in [-0.15, -0.1) is 0 Å². The highest BCUT2D eigenvalue weighted by atomic mass is 35.5. The van der Waals surface area contributed by atoms with Crippen molar-refractivity contribution in [1.29, 1.82) is 0 Å². The largest absolute Gasteiger partial charge is 0.369 e. The van der Waals surface area contributed by atoms with Gasteiger partial charge in [-0.2, -0.15) is 10.0 Å². The van der Waals surface area contributed by atoms with Gasteiger partial charge in [0.1, 0.15) is 5.69 Å². The first-order valence-electron chi connectivity index (χ1n) is 21.2. The Morgan fingerprint density at radius 3 is 2.07 bits per heavy atom. The molecule has 1 heterocycles. The SMILES string of the molecule is CCC(C)CC(CC)(Nc1ccc(S(=O)(=O)NC(=O)c2ccc(N3CCN(Cc4ccccc4-c4ccc(Cl)cc4)CC3)cc2)cc1[N+](=O)[O-])S(CC)(CC)c1ccccc1. The van der Waals surface area contributed by atoms with Crippen molar-refractivity contribution in [3.05, 3.63) is 148 Å². The van der Waals surface area contributed by atoms with E-state index in [0.29, 0.717) is 17.4 Å². The molecule has 1 aliphatic rings. The molecule has 0 bridgehead atoms. The lowest BCUT2D eigenvalue weighted by atomic mass is 9.96. The summed E-state index contributed by atoms with van der Waals surface area (Å²) in [5, 5.41) is 17.1. The number of hydrogen-bond acceptors (Lipinski definition) is 8.